The molecule has 51 heavy (non-hydrogen) atoms. The van der Waals surface area contributed by atoms with E-state index < -0.39 is 105 Å². The van der Waals surface area contributed by atoms with Crippen LogP contribution in [0.2, 0.25) is 0 Å². The third-order valence-electron chi connectivity index (χ3n) is 9.01. The summed E-state index contributed by atoms with van der Waals surface area (Å²) in [4.78, 5) is 25.9. The molecule has 0 aromatic heterocycles. The van der Waals surface area contributed by atoms with Gasteiger partial charge in [-0.3, -0.25) is 4.79 Å². The Balaban J connectivity index is 1.28. The third kappa shape index (κ3) is 9.70. The van der Waals surface area contributed by atoms with E-state index in [1.165, 1.54) is 36.4 Å². The zero-order valence-corrected chi connectivity index (χ0v) is 28.0. The molecule has 12 atom stereocenters. The summed E-state index contributed by atoms with van der Waals surface area (Å²) in [6, 6.07) is 12.0. The minimum atomic E-state index is -2.21. The van der Waals surface area contributed by atoms with Crippen LogP contribution in [0.4, 0.5) is 0 Å². The van der Waals surface area contributed by atoms with Crippen LogP contribution in [0.3, 0.4) is 0 Å². The molecule has 4 rings (SSSR count). The summed E-state index contributed by atoms with van der Waals surface area (Å²) in [6.07, 6.45) is -14.9. The second kappa shape index (κ2) is 17.8. The fraction of sp³-hybridized carbons (Fsp3) is 0.588. The summed E-state index contributed by atoms with van der Waals surface area (Å²) in [7, 11) is 0. The van der Waals surface area contributed by atoms with Crippen molar-refractivity contribution in [3.05, 3.63) is 59.7 Å². The topological polar surface area (TPSA) is 272 Å². The minimum absolute atomic E-state index is 0.198. The van der Waals surface area contributed by atoms with Crippen LogP contribution in [-0.4, -0.2) is 138 Å². The number of rotatable bonds is 15. The lowest BCUT2D eigenvalue weighted by Gasteiger charge is -2.39. The van der Waals surface area contributed by atoms with Crippen LogP contribution in [-0.2, 0) is 41.8 Å². The van der Waals surface area contributed by atoms with E-state index in [0.717, 1.165) is 0 Å². The van der Waals surface area contributed by atoms with E-state index in [-0.39, 0.29) is 24.7 Å². The summed E-state index contributed by atoms with van der Waals surface area (Å²) in [5, 5.41) is 90.1. The van der Waals surface area contributed by atoms with E-state index >= 15 is 0 Å². The summed E-state index contributed by atoms with van der Waals surface area (Å²) in [5.41, 5.74) is -1.21. The largest absolute Gasteiger partial charge is 0.462 e. The molecule has 2 fully saturated rings. The molecule has 17 heteroatoms. The van der Waals surface area contributed by atoms with Crippen LogP contribution in [0.1, 0.15) is 37.8 Å². The molecule has 2 heterocycles. The molecule has 0 spiro atoms. The van der Waals surface area contributed by atoms with Gasteiger partial charge in [0.1, 0.15) is 73.5 Å². The molecule has 17 nitrogen and oxygen atoms in total. The van der Waals surface area contributed by atoms with Gasteiger partial charge in [-0.2, -0.15) is 0 Å². The van der Waals surface area contributed by atoms with E-state index in [9.17, 15) is 55.5 Å². The second-order valence-electron chi connectivity index (χ2n) is 12.6. The second-order valence-corrected chi connectivity index (χ2v) is 12.6. The van der Waals surface area contributed by atoms with Gasteiger partial charge in [-0.05, 0) is 41.3 Å². The van der Waals surface area contributed by atoms with Gasteiger partial charge in [-0.1, -0.05) is 44.5 Å². The number of aliphatic hydroxyl groups excluding tert-OH is 8. The zero-order valence-electron chi connectivity index (χ0n) is 28.0. The highest BCUT2D eigenvalue weighted by molar-refractivity contribution is 5.86. The maximum Gasteiger partial charge on any atom is 0.339 e. The van der Waals surface area contributed by atoms with Gasteiger partial charge in [0.05, 0.1) is 19.6 Å². The third-order valence-corrected chi connectivity index (χ3v) is 9.01. The fourth-order valence-corrected chi connectivity index (χ4v) is 5.42. The molecule has 0 aliphatic carbocycles. The standard InChI is InChI=1S/C34H46O17/c1-3-17(2)34(45,33(44)47-16-19-6-10-21(11-7-19)49-32-30(43)28(41)26(39)23(14-36)51-32)12-24(37)46-15-18-4-8-20(9-5-18)48-31-29(42)27(40)25(38)22(13-35)50-31/h4-11,17,22-23,25-32,35-36,38-43,45H,3,12-16H2,1-2H3/t17-,22+,23-,25+,26+,27-,28-,29+,30-,31+,32+,34+/m0/s1. The normalized spacial score (nSPS) is 31.2. The van der Waals surface area contributed by atoms with Crippen LogP contribution in [0, 0.1) is 5.92 Å². The van der Waals surface area contributed by atoms with E-state index in [1.54, 1.807) is 26.0 Å². The van der Waals surface area contributed by atoms with Crippen molar-refractivity contribution in [2.24, 2.45) is 5.92 Å². The van der Waals surface area contributed by atoms with Crippen molar-refractivity contribution in [3.63, 3.8) is 0 Å². The molecule has 2 aromatic carbocycles. The van der Waals surface area contributed by atoms with Crippen LogP contribution >= 0.6 is 0 Å². The first-order chi connectivity index (χ1) is 24.2. The molecular weight excluding hydrogens is 680 g/mol. The Morgan fingerprint density at radius 1 is 0.686 bits per heavy atom. The van der Waals surface area contributed by atoms with Crippen molar-refractivity contribution >= 4 is 11.9 Å². The highest BCUT2D eigenvalue weighted by Gasteiger charge is 2.47. The Morgan fingerprint density at radius 2 is 1.10 bits per heavy atom. The van der Waals surface area contributed by atoms with Gasteiger partial charge >= 0.3 is 11.9 Å². The lowest BCUT2D eigenvalue weighted by atomic mass is 9.84. The molecule has 2 aromatic rings. The van der Waals surface area contributed by atoms with E-state index in [0.29, 0.717) is 17.5 Å². The predicted molar refractivity (Wildman–Crippen MR) is 170 cm³/mol. The smallest absolute Gasteiger partial charge is 0.339 e. The number of ether oxygens (including phenoxy) is 6. The first-order valence-corrected chi connectivity index (χ1v) is 16.4. The molecular formula is C34H46O17. The van der Waals surface area contributed by atoms with Crippen molar-refractivity contribution in [1.82, 2.24) is 0 Å². The summed E-state index contributed by atoms with van der Waals surface area (Å²) in [5.74, 6) is -2.19. The van der Waals surface area contributed by atoms with Crippen LogP contribution in [0.25, 0.3) is 0 Å². The Bertz CT molecular complexity index is 1400. The van der Waals surface area contributed by atoms with E-state index in [2.05, 4.69) is 0 Å². The highest BCUT2D eigenvalue weighted by atomic mass is 16.7. The van der Waals surface area contributed by atoms with E-state index in [4.69, 9.17) is 28.4 Å². The molecule has 9 N–H and O–H groups in total. The van der Waals surface area contributed by atoms with Crippen LogP contribution < -0.4 is 9.47 Å². The number of carbonyl (C=O) groups excluding carboxylic acids is 2. The molecule has 2 aliphatic heterocycles. The van der Waals surface area contributed by atoms with Crippen LogP contribution in [0.15, 0.2) is 48.5 Å². The number of aliphatic hydroxyl groups is 9. The van der Waals surface area contributed by atoms with Gasteiger partial charge in [-0.25, -0.2) is 4.79 Å². The maximum atomic E-state index is 13.1. The average molecular weight is 727 g/mol. The summed E-state index contributed by atoms with van der Waals surface area (Å²) < 4.78 is 32.4. The SMILES string of the molecule is CC[C@H](C)[C@](O)(CC(=O)OCc1ccc(O[C@@H]2O[C@H](CO)[C@@H](O)[C@H](O)[C@H]2O)cc1)C(=O)OCc1ccc(O[C@@H]2O[C@@H](CO)[C@@H](O)[C@H](O)[C@@H]2O)cc1. The highest BCUT2D eigenvalue weighted by Crippen LogP contribution is 2.29. The summed E-state index contributed by atoms with van der Waals surface area (Å²) >= 11 is 0. The average Bonchev–Trinajstić information content (AvgIpc) is 3.13. The number of esters is 2. The monoisotopic (exact) mass is 726 g/mol. The molecule has 2 aliphatic rings. The Labute approximate surface area is 293 Å². The fourth-order valence-electron chi connectivity index (χ4n) is 5.42. The minimum Gasteiger partial charge on any atom is -0.462 e. The Kier molecular flexibility index (Phi) is 14.1. The van der Waals surface area contributed by atoms with Gasteiger partial charge in [-0.15, -0.1) is 0 Å². The molecule has 0 unspecified atom stereocenters. The van der Waals surface area contributed by atoms with Gasteiger partial charge in [0, 0.05) is 0 Å². The number of hydrogen-bond acceptors (Lipinski definition) is 17. The van der Waals surface area contributed by atoms with Crippen molar-refractivity contribution in [3.8, 4) is 11.5 Å². The van der Waals surface area contributed by atoms with Crippen LogP contribution in [0.5, 0.6) is 11.5 Å². The van der Waals surface area contributed by atoms with Crippen molar-refractivity contribution in [1.29, 1.82) is 0 Å². The van der Waals surface area contributed by atoms with Gasteiger partial charge in [0.25, 0.3) is 0 Å². The number of benzene rings is 2. The molecule has 0 radical (unpaired) electrons. The number of carbonyl (C=O) groups is 2. The molecule has 0 amide bonds. The van der Waals surface area contributed by atoms with Crippen molar-refractivity contribution in [2.45, 2.75) is 107 Å². The van der Waals surface area contributed by atoms with E-state index in [1.807, 2.05) is 0 Å². The van der Waals surface area contributed by atoms with Crippen molar-refractivity contribution in [2.75, 3.05) is 13.2 Å². The zero-order chi connectivity index (χ0) is 37.5. The molecule has 2 saturated heterocycles. The molecule has 284 valence electrons. The predicted octanol–water partition coefficient (Wildman–Crippen LogP) is -2.00. The Morgan fingerprint density at radius 3 is 1.49 bits per heavy atom. The summed E-state index contributed by atoms with van der Waals surface area (Å²) in [6.45, 7) is 1.61. The quantitative estimate of drug-likeness (QED) is 0.0898. The molecule has 0 saturated carbocycles. The van der Waals surface area contributed by atoms with Gasteiger partial charge < -0.3 is 74.4 Å². The lowest BCUT2D eigenvalue weighted by Crippen LogP contribution is -2.60. The first kappa shape index (κ1) is 40.3. The molecule has 0 bridgehead atoms. The number of hydrogen-bond donors (Lipinski definition) is 9. The van der Waals surface area contributed by atoms with Gasteiger partial charge in [0.15, 0.2) is 5.60 Å². The van der Waals surface area contributed by atoms with Crippen molar-refractivity contribution < 1.29 is 84.0 Å². The lowest BCUT2D eigenvalue weighted by molar-refractivity contribution is -0.277. The maximum absolute atomic E-state index is 13.1. The first-order valence-electron chi connectivity index (χ1n) is 16.4. The van der Waals surface area contributed by atoms with Gasteiger partial charge in [0.2, 0.25) is 12.6 Å². The Hall–Kier alpha value is -3.46.